The smallest absolute Gasteiger partial charge is 0.101 e. The molecule has 1 aromatic rings. The fourth-order valence-corrected chi connectivity index (χ4v) is 2.18. The van der Waals surface area contributed by atoms with Crippen LogP contribution in [0.1, 0.15) is 49.1 Å². The van der Waals surface area contributed by atoms with Crippen molar-refractivity contribution in [1.82, 2.24) is 4.98 Å². The summed E-state index contributed by atoms with van der Waals surface area (Å²) in [6.45, 7) is 0. The summed E-state index contributed by atoms with van der Waals surface area (Å²) in [6, 6.07) is 4.13. The van der Waals surface area contributed by atoms with Gasteiger partial charge in [-0.3, -0.25) is 4.98 Å². The van der Waals surface area contributed by atoms with Gasteiger partial charge in [0.2, 0.25) is 0 Å². The Morgan fingerprint density at radius 2 is 2.00 bits per heavy atom. The van der Waals surface area contributed by atoms with Gasteiger partial charge in [0, 0.05) is 12.4 Å². The standard InChI is InChI=1S/C12H14N2/c13-7-10-6-12(9-14-8-10)11-4-2-1-3-5-11/h6,8-9,11H,1-5H2. The van der Waals surface area contributed by atoms with Crippen molar-refractivity contribution in [3.05, 3.63) is 29.6 Å². The summed E-state index contributed by atoms with van der Waals surface area (Å²) in [5, 5.41) is 8.77. The van der Waals surface area contributed by atoms with Crippen molar-refractivity contribution >= 4 is 0 Å². The minimum absolute atomic E-state index is 0.643. The molecule has 14 heavy (non-hydrogen) atoms. The molecule has 2 heteroatoms. The molecule has 72 valence electrons. The van der Waals surface area contributed by atoms with Gasteiger partial charge in [-0.05, 0) is 30.4 Å². The maximum Gasteiger partial charge on any atom is 0.101 e. The summed E-state index contributed by atoms with van der Waals surface area (Å²) in [5.41, 5.74) is 1.94. The quantitative estimate of drug-likeness (QED) is 0.676. The molecule has 0 atom stereocenters. The van der Waals surface area contributed by atoms with Gasteiger partial charge < -0.3 is 0 Å². The Morgan fingerprint density at radius 3 is 2.71 bits per heavy atom. The summed E-state index contributed by atoms with van der Waals surface area (Å²) in [7, 11) is 0. The summed E-state index contributed by atoms with van der Waals surface area (Å²) in [6.07, 6.45) is 10.1. The van der Waals surface area contributed by atoms with Crippen LogP contribution in [0, 0.1) is 11.3 Å². The van der Waals surface area contributed by atoms with Crippen LogP contribution < -0.4 is 0 Å². The molecule has 0 unspecified atom stereocenters. The largest absolute Gasteiger partial charge is 0.263 e. The summed E-state index contributed by atoms with van der Waals surface area (Å²) < 4.78 is 0. The predicted octanol–water partition coefficient (Wildman–Crippen LogP) is 3.00. The average Bonchev–Trinajstić information content (AvgIpc) is 2.30. The van der Waals surface area contributed by atoms with Crippen LogP contribution >= 0.6 is 0 Å². The number of nitriles is 1. The third kappa shape index (κ3) is 1.93. The Kier molecular flexibility index (Phi) is 2.78. The van der Waals surface area contributed by atoms with Gasteiger partial charge in [-0.25, -0.2) is 0 Å². The van der Waals surface area contributed by atoms with E-state index in [1.165, 1.54) is 37.7 Å². The Hall–Kier alpha value is -1.36. The molecule has 0 aliphatic heterocycles. The van der Waals surface area contributed by atoms with E-state index in [2.05, 4.69) is 11.1 Å². The fraction of sp³-hybridized carbons (Fsp3) is 0.500. The zero-order valence-corrected chi connectivity index (χ0v) is 8.24. The van der Waals surface area contributed by atoms with Crippen molar-refractivity contribution in [1.29, 1.82) is 5.26 Å². The second kappa shape index (κ2) is 4.23. The highest BCUT2D eigenvalue weighted by Gasteiger charge is 2.15. The summed E-state index contributed by atoms with van der Waals surface area (Å²) >= 11 is 0. The Morgan fingerprint density at radius 1 is 1.21 bits per heavy atom. The number of nitrogens with zero attached hydrogens (tertiary/aromatic N) is 2. The molecule has 0 saturated heterocycles. The first kappa shape index (κ1) is 9.21. The maximum absolute atomic E-state index is 8.77. The van der Waals surface area contributed by atoms with E-state index in [4.69, 9.17) is 5.26 Å². The average molecular weight is 186 g/mol. The van der Waals surface area contributed by atoms with E-state index in [9.17, 15) is 0 Å². The third-order valence-corrected chi connectivity index (χ3v) is 2.97. The first-order chi connectivity index (χ1) is 6.90. The van der Waals surface area contributed by atoms with Gasteiger partial charge in [-0.1, -0.05) is 19.3 Å². The predicted molar refractivity (Wildman–Crippen MR) is 54.8 cm³/mol. The number of rotatable bonds is 1. The second-order valence-electron chi connectivity index (χ2n) is 3.95. The van der Waals surface area contributed by atoms with Crippen LogP contribution in [-0.2, 0) is 0 Å². The molecule has 2 nitrogen and oxygen atoms in total. The highest BCUT2D eigenvalue weighted by molar-refractivity contribution is 5.30. The molecule has 2 rings (SSSR count). The zero-order valence-electron chi connectivity index (χ0n) is 8.24. The first-order valence-corrected chi connectivity index (χ1v) is 5.25. The number of hydrogen-bond donors (Lipinski definition) is 0. The van der Waals surface area contributed by atoms with Crippen molar-refractivity contribution < 1.29 is 0 Å². The lowest BCUT2D eigenvalue weighted by molar-refractivity contribution is 0.443. The van der Waals surface area contributed by atoms with Crippen LogP contribution in [-0.4, -0.2) is 4.98 Å². The van der Waals surface area contributed by atoms with Crippen LogP contribution in [0.25, 0.3) is 0 Å². The number of aromatic nitrogens is 1. The van der Waals surface area contributed by atoms with Crippen molar-refractivity contribution in [2.75, 3.05) is 0 Å². The Balaban J connectivity index is 2.18. The normalized spacial score (nSPS) is 17.6. The lowest BCUT2D eigenvalue weighted by atomic mass is 9.84. The first-order valence-electron chi connectivity index (χ1n) is 5.25. The van der Waals surface area contributed by atoms with E-state index in [0.717, 1.165) is 0 Å². The van der Waals surface area contributed by atoms with Crippen molar-refractivity contribution in [2.24, 2.45) is 0 Å². The second-order valence-corrected chi connectivity index (χ2v) is 3.95. The third-order valence-electron chi connectivity index (χ3n) is 2.97. The molecule has 0 amide bonds. The monoisotopic (exact) mass is 186 g/mol. The van der Waals surface area contributed by atoms with E-state index in [0.29, 0.717) is 11.5 Å². The molecule has 1 aliphatic carbocycles. The van der Waals surface area contributed by atoms with Crippen molar-refractivity contribution in [3.8, 4) is 6.07 Å². The van der Waals surface area contributed by atoms with E-state index in [1.54, 1.807) is 6.20 Å². The lowest BCUT2D eigenvalue weighted by Gasteiger charge is -2.21. The molecule has 1 aromatic heterocycles. The van der Waals surface area contributed by atoms with E-state index in [1.807, 2.05) is 12.3 Å². The van der Waals surface area contributed by atoms with Gasteiger partial charge >= 0.3 is 0 Å². The van der Waals surface area contributed by atoms with Gasteiger partial charge in [0.15, 0.2) is 0 Å². The lowest BCUT2D eigenvalue weighted by Crippen LogP contribution is -2.05. The van der Waals surface area contributed by atoms with Gasteiger partial charge in [-0.2, -0.15) is 5.26 Å². The van der Waals surface area contributed by atoms with Gasteiger partial charge in [0.25, 0.3) is 0 Å². The number of hydrogen-bond acceptors (Lipinski definition) is 2. The molecule has 1 fully saturated rings. The highest BCUT2D eigenvalue weighted by Crippen LogP contribution is 2.32. The van der Waals surface area contributed by atoms with Crippen molar-refractivity contribution in [2.45, 2.75) is 38.0 Å². The SMILES string of the molecule is N#Cc1cncc(C2CCCCC2)c1. The van der Waals surface area contributed by atoms with Gasteiger partial charge in [-0.15, -0.1) is 0 Å². The molecule has 1 aliphatic rings. The summed E-state index contributed by atoms with van der Waals surface area (Å²) in [4.78, 5) is 4.11. The van der Waals surface area contributed by atoms with Crippen molar-refractivity contribution in [3.63, 3.8) is 0 Å². The fourth-order valence-electron chi connectivity index (χ4n) is 2.18. The van der Waals surface area contributed by atoms with Crippen LogP contribution in [0.3, 0.4) is 0 Å². The van der Waals surface area contributed by atoms with E-state index in [-0.39, 0.29) is 0 Å². The van der Waals surface area contributed by atoms with Gasteiger partial charge in [0.05, 0.1) is 5.56 Å². The van der Waals surface area contributed by atoms with Crippen LogP contribution in [0.15, 0.2) is 18.5 Å². The molecule has 0 radical (unpaired) electrons. The maximum atomic E-state index is 8.77. The van der Waals surface area contributed by atoms with Crippen LogP contribution in [0.4, 0.5) is 0 Å². The molecule has 0 N–H and O–H groups in total. The summed E-state index contributed by atoms with van der Waals surface area (Å²) in [5.74, 6) is 0.643. The molecular weight excluding hydrogens is 172 g/mol. The highest BCUT2D eigenvalue weighted by atomic mass is 14.6. The molecule has 0 spiro atoms. The van der Waals surface area contributed by atoms with Gasteiger partial charge in [0.1, 0.15) is 6.07 Å². The Bertz CT molecular complexity index is 346. The van der Waals surface area contributed by atoms with E-state index >= 15 is 0 Å². The van der Waals surface area contributed by atoms with E-state index < -0.39 is 0 Å². The number of pyridine rings is 1. The van der Waals surface area contributed by atoms with Crippen LogP contribution in [0.5, 0.6) is 0 Å². The molecule has 0 aromatic carbocycles. The molecular formula is C12H14N2. The van der Waals surface area contributed by atoms with Crippen LogP contribution in [0.2, 0.25) is 0 Å². The molecule has 1 saturated carbocycles. The minimum Gasteiger partial charge on any atom is -0.263 e. The topological polar surface area (TPSA) is 36.7 Å². The molecule has 0 bridgehead atoms. The minimum atomic E-state index is 0.643. The Labute approximate surface area is 84.6 Å². The molecule has 1 heterocycles. The zero-order chi connectivity index (χ0) is 9.80.